The third-order valence-corrected chi connectivity index (χ3v) is 2.96. The molecule has 2 rings (SSSR count). The van der Waals surface area contributed by atoms with Gasteiger partial charge < -0.3 is 9.84 Å². The molecule has 1 unspecified atom stereocenters. The highest BCUT2D eigenvalue weighted by atomic mass is 16.5. The van der Waals surface area contributed by atoms with Crippen LogP contribution in [-0.2, 0) is 9.53 Å². The molecule has 0 amide bonds. The van der Waals surface area contributed by atoms with Crippen LogP contribution in [0.2, 0.25) is 0 Å². The van der Waals surface area contributed by atoms with E-state index in [1.54, 1.807) is 0 Å². The molecule has 0 aromatic rings. The van der Waals surface area contributed by atoms with Crippen LogP contribution in [0, 0.1) is 0 Å². The summed E-state index contributed by atoms with van der Waals surface area (Å²) in [6.07, 6.45) is 3.15. The van der Waals surface area contributed by atoms with Crippen molar-refractivity contribution in [2.75, 3.05) is 19.7 Å². The number of ether oxygens (including phenoxy) is 1. The van der Waals surface area contributed by atoms with Crippen molar-refractivity contribution in [3.05, 3.63) is 0 Å². The van der Waals surface area contributed by atoms with Crippen molar-refractivity contribution in [1.29, 1.82) is 0 Å². The number of hydrogen-bond acceptors (Lipinski definition) is 3. The molecule has 0 aromatic carbocycles. The largest absolute Gasteiger partial charge is 0.479 e. The van der Waals surface area contributed by atoms with Gasteiger partial charge in [0.1, 0.15) is 0 Å². The SMILES string of the molecule is O=C(O)C1CN(C2CCC2)CCO1. The van der Waals surface area contributed by atoms with Crippen LogP contribution in [0.15, 0.2) is 0 Å². The minimum atomic E-state index is -0.830. The summed E-state index contributed by atoms with van der Waals surface area (Å²) in [7, 11) is 0. The summed E-state index contributed by atoms with van der Waals surface area (Å²) in [6, 6.07) is 0.630. The van der Waals surface area contributed by atoms with Crippen LogP contribution >= 0.6 is 0 Å². The van der Waals surface area contributed by atoms with E-state index < -0.39 is 12.1 Å². The van der Waals surface area contributed by atoms with Gasteiger partial charge in [0.2, 0.25) is 0 Å². The van der Waals surface area contributed by atoms with Crippen molar-refractivity contribution in [2.24, 2.45) is 0 Å². The van der Waals surface area contributed by atoms with Gasteiger partial charge in [0.05, 0.1) is 6.61 Å². The zero-order valence-electron chi connectivity index (χ0n) is 7.61. The van der Waals surface area contributed by atoms with Crippen molar-refractivity contribution in [1.82, 2.24) is 4.90 Å². The monoisotopic (exact) mass is 185 g/mol. The number of aliphatic carboxylic acids is 1. The Balaban J connectivity index is 1.87. The fourth-order valence-electron chi connectivity index (χ4n) is 1.90. The highest BCUT2D eigenvalue weighted by molar-refractivity contribution is 5.72. The molecule has 0 bridgehead atoms. The number of rotatable bonds is 2. The van der Waals surface area contributed by atoms with Crippen LogP contribution in [0.3, 0.4) is 0 Å². The Hall–Kier alpha value is -0.610. The molecule has 2 fully saturated rings. The Morgan fingerprint density at radius 3 is 2.77 bits per heavy atom. The van der Waals surface area contributed by atoms with Crippen molar-refractivity contribution in [3.63, 3.8) is 0 Å². The molecule has 1 aliphatic heterocycles. The van der Waals surface area contributed by atoms with E-state index >= 15 is 0 Å². The smallest absolute Gasteiger partial charge is 0.334 e. The molecule has 1 aliphatic carbocycles. The van der Waals surface area contributed by atoms with Crippen LogP contribution in [0.4, 0.5) is 0 Å². The molecule has 2 aliphatic rings. The number of carboxylic acids is 1. The van der Waals surface area contributed by atoms with Gasteiger partial charge in [-0.05, 0) is 12.8 Å². The van der Waals surface area contributed by atoms with Crippen LogP contribution < -0.4 is 0 Å². The second-order valence-corrected chi connectivity index (χ2v) is 3.78. The molecule has 1 saturated heterocycles. The molecule has 74 valence electrons. The number of nitrogens with zero attached hydrogens (tertiary/aromatic N) is 1. The molecule has 4 nitrogen and oxygen atoms in total. The minimum absolute atomic E-state index is 0.563. The molecular weight excluding hydrogens is 170 g/mol. The highest BCUT2D eigenvalue weighted by Gasteiger charge is 2.32. The molecule has 13 heavy (non-hydrogen) atoms. The van der Waals surface area contributed by atoms with Crippen LogP contribution in [0.25, 0.3) is 0 Å². The van der Waals surface area contributed by atoms with Crippen molar-refractivity contribution < 1.29 is 14.6 Å². The maximum atomic E-state index is 10.7. The lowest BCUT2D eigenvalue weighted by Crippen LogP contribution is -2.52. The first-order valence-corrected chi connectivity index (χ1v) is 4.86. The predicted molar refractivity (Wildman–Crippen MR) is 46.6 cm³/mol. The summed E-state index contributed by atoms with van der Waals surface area (Å²) in [5.74, 6) is -0.830. The van der Waals surface area contributed by atoms with E-state index in [0.29, 0.717) is 19.2 Å². The molecule has 1 atom stereocenters. The van der Waals surface area contributed by atoms with Gasteiger partial charge in [0.15, 0.2) is 6.10 Å². The third-order valence-electron chi connectivity index (χ3n) is 2.96. The zero-order chi connectivity index (χ0) is 9.26. The first-order chi connectivity index (χ1) is 6.27. The van der Waals surface area contributed by atoms with Gasteiger partial charge in [-0.3, -0.25) is 4.90 Å². The number of hydrogen-bond donors (Lipinski definition) is 1. The lowest BCUT2D eigenvalue weighted by Gasteiger charge is -2.41. The summed E-state index contributed by atoms with van der Waals surface area (Å²) in [5.41, 5.74) is 0. The normalized spacial score (nSPS) is 31.2. The maximum absolute atomic E-state index is 10.7. The van der Waals surface area contributed by atoms with Gasteiger partial charge in [0.25, 0.3) is 0 Å². The summed E-state index contributed by atoms with van der Waals surface area (Å²) >= 11 is 0. The summed E-state index contributed by atoms with van der Waals surface area (Å²) < 4.78 is 5.15. The Kier molecular flexibility index (Phi) is 2.51. The minimum Gasteiger partial charge on any atom is -0.479 e. The molecule has 1 saturated carbocycles. The summed E-state index contributed by atoms with van der Waals surface area (Å²) in [4.78, 5) is 12.9. The van der Waals surface area contributed by atoms with Crippen molar-refractivity contribution in [3.8, 4) is 0 Å². The second-order valence-electron chi connectivity index (χ2n) is 3.78. The van der Waals surface area contributed by atoms with E-state index in [4.69, 9.17) is 9.84 Å². The Labute approximate surface area is 77.5 Å². The average molecular weight is 185 g/mol. The lowest BCUT2D eigenvalue weighted by molar-refractivity contribution is -0.158. The Bertz CT molecular complexity index is 203. The molecule has 1 N–H and O–H groups in total. The van der Waals surface area contributed by atoms with E-state index in [1.807, 2.05) is 0 Å². The first-order valence-electron chi connectivity index (χ1n) is 4.86. The number of carbonyl (C=O) groups is 1. The Morgan fingerprint density at radius 1 is 1.46 bits per heavy atom. The van der Waals surface area contributed by atoms with E-state index in [2.05, 4.69) is 4.90 Å². The Morgan fingerprint density at radius 2 is 2.23 bits per heavy atom. The molecular formula is C9H15NO3. The molecule has 1 heterocycles. The van der Waals surface area contributed by atoms with Crippen LogP contribution in [-0.4, -0.2) is 47.8 Å². The topological polar surface area (TPSA) is 49.8 Å². The molecule has 4 heteroatoms. The van der Waals surface area contributed by atoms with Crippen molar-refractivity contribution >= 4 is 5.97 Å². The average Bonchev–Trinajstić information content (AvgIpc) is 2.01. The summed E-state index contributed by atoms with van der Waals surface area (Å²) in [6.45, 7) is 2.03. The fraction of sp³-hybridized carbons (Fsp3) is 0.889. The first kappa shape index (κ1) is 8.97. The van der Waals surface area contributed by atoms with Gasteiger partial charge in [-0.2, -0.15) is 0 Å². The van der Waals surface area contributed by atoms with Crippen molar-refractivity contribution in [2.45, 2.75) is 31.4 Å². The molecule has 0 aromatic heterocycles. The number of morpholine rings is 1. The van der Waals surface area contributed by atoms with Gasteiger partial charge in [0, 0.05) is 19.1 Å². The van der Waals surface area contributed by atoms with Gasteiger partial charge in [-0.15, -0.1) is 0 Å². The molecule has 0 radical (unpaired) electrons. The fourth-order valence-corrected chi connectivity index (χ4v) is 1.90. The van der Waals surface area contributed by atoms with E-state index in [0.717, 1.165) is 6.54 Å². The van der Waals surface area contributed by atoms with E-state index in [9.17, 15) is 4.79 Å². The quantitative estimate of drug-likeness (QED) is 0.673. The van der Waals surface area contributed by atoms with Crippen LogP contribution in [0.1, 0.15) is 19.3 Å². The van der Waals surface area contributed by atoms with E-state index in [1.165, 1.54) is 19.3 Å². The second kappa shape index (κ2) is 3.64. The summed E-state index contributed by atoms with van der Waals surface area (Å²) in [5, 5.41) is 8.78. The lowest BCUT2D eigenvalue weighted by atomic mass is 9.91. The number of carboxylic acid groups (broad SMARTS) is 1. The molecule has 0 spiro atoms. The predicted octanol–water partition coefficient (Wildman–Crippen LogP) is 0.324. The van der Waals surface area contributed by atoms with Gasteiger partial charge in [-0.25, -0.2) is 4.79 Å². The standard InChI is InChI=1S/C9H15NO3/c11-9(12)8-6-10(4-5-13-8)7-2-1-3-7/h7-8H,1-6H2,(H,11,12). The van der Waals surface area contributed by atoms with Crippen LogP contribution in [0.5, 0.6) is 0 Å². The third kappa shape index (κ3) is 1.84. The van der Waals surface area contributed by atoms with E-state index in [-0.39, 0.29) is 0 Å². The highest BCUT2D eigenvalue weighted by Crippen LogP contribution is 2.26. The van der Waals surface area contributed by atoms with Gasteiger partial charge >= 0.3 is 5.97 Å². The van der Waals surface area contributed by atoms with Gasteiger partial charge in [-0.1, -0.05) is 6.42 Å². The zero-order valence-corrected chi connectivity index (χ0v) is 7.61. The maximum Gasteiger partial charge on any atom is 0.334 e.